The molecule has 1 atom stereocenters. The molecular formula is C18H23ClN4O. The fourth-order valence-corrected chi connectivity index (χ4v) is 3.53. The van der Waals surface area contributed by atoms with Gasteiger partial charge in [-0.1, -0.05) is 17.7 Å². The first-order chi connectivity index (χ1) is 11.7. The zero-order chi connectivity index (χ0) is 16.9. The molecule has 3 rings (SSSR count). The van der Waals surface area contributed by atoms with Gasteiger partial charge in [0.15, 0.2) is 0 Å². The van der Waals surface area contributed by atoms with Crippen LogP contribution in [0.4, 0.5) is 0 Å². The number of amides is 1. The van der Waals surface area contributed by atoms with Gasteiger partial charge in [0.1, 0.15) is 0 Å². The molecule has 1 aromatic heterocycles. The molecule has 5 nitrogen and oxygen atoms in total. The third kappa shape index (κ3) is 3.86. The van der Waals surface area contributed by atoms with E-state index >= 15 is 0 Å². The zero-order valence-electron chi connectivity index (χ0n) is 13.7. The lowest BCUT2D eigenvalue weighted by Crippen LogP contribution is -2.43. The van der Waals surface area contributed by atoms with Crippen molar-refractivity contribution in [2.24, 2.45) is 11.7 Å². The molecule has 1 saturated heterocycles. The van der Waals surface area contributed by atoms with E-state index in [1.54, 1.807) is 6.20 Å². The van der Waals surface area contributed by atoms with Gasteiger partial charge in [0.25, 0.3) is 0 Å². The summed E-state index contributed by atoms with van der Waals surface area (Å²) in [6, 6.07) is 7.86. The number of hydrogen-bond donors (Lipinski definition) is 2. The topological polar surface area (TPSA) is 71.2 Å². The molecule has 2 aromatic rings. The molecule has 1 amide bonds. The van der Waals surface area contributed by atoms with Crippen molar-refractivity contribution in [2.45, 2.75) is 19.4 Å². The van der Waals surface area contributed by atoms with Crippen LogP contribution in [0.15, 0.2) is 30.5 Å². The van der Waals surface area contributed by atoms with Crippen molar-refractivity contribution < 1.29 is 4.79 Å². The van der Waals surface area contributed by atoms with Crippen molar-refractivity contribution in [1.82, 2.24) is 15.2 Å². The number of nitrogens with zero attached hydrogens (tertiary/aromatic N) is 2. The smallest absolute Gasteiger partial charge is 0.224 e. The first kappa shape index (κ1) is 17.1. The maximum Gasteiger partial charge on any atom is 0.224 e. The number of piperidine rings is 1. The molecule has 3 N–H and O–H groups in total. The number of carbonyl (C=O) groups is 1. The van der Waals surface area contributed by atoms with E-state index in [1.807, 2.05) is 24.3 Å². The Balaban J connectivity index is 1.72. The van der Waals surface area contributed by atoms with E-state index in [2.05, 4.69) is 15.2 Å². The van der Waals surface area contributed by atoms with E-state index in [9.17, 15) is 4.79 Å². The van der Waals surface area contributed by atoms with Gasteiger partial charge in [-0.3, -0.25) is 14.7 Å². The summed E-state index contributed by atoms with van der Waals surface area (Å²) in [6.07, 6.45) is 3.76. The molecule has 1 aliphatic heterocycles. The Morgan fingerprint density at radius 2 is 2.29 bits per heavy atom. The van der Waals surface area contributed by atoms with E-state index < -0.39 is 0 Å². The van der Waals surface area contributed by atoms with E-state index in [0.29, 0.717) is 13.1 Å². The average Bonchev–Trinajstić information content (AvgIpc) is 2.62. The number of nitrogens with one attached hydrogen (secondary N) is 1. The molecule has 0 bridgehead atoms. The highest BCUT2D eigenvalue weighted by Gasteiger charge is 2.25. The summed E-state index contributed by atoms with van der Waals surface area (Å²) in [5, 5.41) is 4.60. The van der Waals surface area contributed by atoms with Gasteiger partial charge < -0.3 is 11.1 Å². The fourth-order valence-electron chi connectivity index (χ4n) is 3.32. The quantitative estimate of drug-likeness (QED) is 0.870. The molecule has 1 unspecified atom stereocenters. The number of halogens is 1. The Morgan fingerprint density at radius 3 is 3.12 bits per heavy atom. The van der Waals surface area contributed by atoms with Gasteiger partial charge in [-0.2, -0.15) is 0 Å². The van der Waals surface area contributed by atoms with E-state index in [0.717, 1.165) is 54.0 Å². The number of nitrogens with two attached hydrogens (primary N) is 1. The predicted molar refractivity (Wildman–Crippen MR) is 96.8 cm³/mol. The average molecular weight is 347 g/mol. The van der Waals surface area contributed by atoms with Gasteiger partial charge in [0.2, 0.25) is 5.91 Å². The number of fused-ring (bicyclic) bond motifs is 1. The van der Waals surface area contributed by atoms with Crippen LogP contribution in [0.2, 0.25) is 5.02 Å². The molecule has 1 aromatic carbocycles. The highest BCUT2D eigenvalue weighted by atomic mass is 35.5. The largest absolute Gasteiger partial charge is 0.355 e. The molecule has 0 spiro atoms. The summed E-state index contributed by atoms with van der Waals surface area (Å²) in [4.78, 5) is 19.0. The van der Waals surface area contributed by atoms with Gasteiger partial charge in [0.05, 0.1) is 11.4 Å². The SMILES string of the molecule is NCCNC(=O)C1CCCN(Cc2ccc(Cl)c3cccnc23)C1. The molecule has 0 aliphatic carbocycles. The normalized spacial score (nSPS) is 18.7. The molecule has 0 saturated carbocycles. The standard InChI is InChI=1S/C18H23ClN4O/c19-16-6-5-13(17-15(16)4-1-8-21-17)11-23-10-2-3-14(12-23)18(24)22-9-7-20/h1,4-6,8,14H,2-3,7,9-12,20H2,(H,22,24). The minimum Gasteiger partial charge on any atom is -0.355 e. The fraction of sp³-hybridized carbons (Fsp3) is 0.444. The van der Waals surface area contributed by atoms with Crippen LogP contribution in [-0.2, 0) is 11.3 Å². The second-order valence-electron chi connectivity index (χ2n) is 6.26. The molecule has 6 heteroatoms. The highest BCUT2D eigenvalue weighted by molar-refractivity contribution is 6.35. The van der Waals surface area contributed by atoms with E-state index in [-0.39, 0.29) is 11.8 Å². The lowest BCUT2D eigenvalue weighted by atomic mass is 9.96. The Kier molecular flexibility index (Phi) is 5.66. The van der Waals surface area contributed by atoms with Crippen LogP contribution < -0.4 is 11.1 Å². The van der Waals surface area contributed by atoms with Crippen molar-refractivity contribution in [3.05, 3.63) is 41.0 Å². The zero-order valence-corrected chi connectivity index (χ0v) is 14.4. The van der Waals surface area contributed by atoms with Crippen molar-refractivity contribution >= 4 is 28.4 Å². The number of pyridine rings is 1. The first-order valence-electron chi connectivity index (χ1n) is 8.41. The molecule has 24 heavy (non-hydrogen) atoms. The van der Waals surface area contributed by atoms with Gasteiger partial charge in [-0.15, -0.1) is 0 Å². The summed E-state index contributed by atoms with van der Waals surface area (Å²) in [6.45, 7) is 3.57. The Morgan fingerprint density at radius 1 is 1.42 bits per heavy atom. The monoisotopic (exact) mass is 346 g/mol. The third-order valence-corrected chi connectivity index (χ3v) is 4.84. The number of aromatic nitrogens is 1. The molecular weight excluding hydrogens is 324 g/mol. The van der Waals surface area contributed by atoms with Crippen LogP contribution >= 0.6 is 11.6 Å². The summed E-state index contributed by atoms with van der Waals surface area (Å²) in [5.74, 6) is 0.154. The first-order valence-corrected chi connectivity index (χ1v) is 8.79. The summed E-state index contributed by atoms with van der Waals surface area (Å²) < 4.78 is 0. The summed E-state index contributed by atoms with van der Waals surface area (Å²) in [5.41, 5.74) is 7.55. The molecule has 2 heterocycles. The molecule has 128 valence electrons. The van der Waals surface area contributed by atoms with Gasteiger partial charge in [-0.25, -0.2) is 0 Å². The maximum atomic E-state index is 12.2. The van der Waals surface area contributed by atoms with Gasteiger partial charge >= 0.3 is 0 Å². The van der Waals surface area contributed by atoms with Gasteiger partial charge in [-0.05, 0) is 43.1 Å². The van der Waals surface area contributed by atoms with Gasteiger partial charge in [0, 0.05) is 42.8 Å². The van der Waals surface area contributed by atoms with Crippen molar-refractivity contribution in [1.29, 1.82) is 0 Å². The lowest BCUT2D eigenvalue weighted by molar-refractivity contribution is -0.126. The third-order valence-electron chi connectivity index (χ3n) is 4.51. The molecule has 1 aliphatic rings. The van der Waals surface area contributed by atoms with E-state index in [4.69, 9.17) is 17.3 Å². The van der Waals surface area contributed by atoms with Crippen LogP contribution in [0.1, 0.15) is 18.4 Å². The molecule has 0 radical (unpaired) electrons. The van der Waals surface area contributed by atoms with Crippen LogP contribution in [-0.4, -0.2) is 42.0 Å². The Labute approximate surface area is 147 Å². The van der Waals surface area contributed by atoms with Crippen LogP contribution in [0.5, 0.6) is 0 Å². The number of benzene rings is 1. The van der Waals surface area contributed by atoms with Crippen molar-refractivity contribution in [2.75, 3.05) is 26.2 Å². The highest BCUT2D eigenvalue weighted by Crippen LogP contribution is 2.27. The van der Waals surface area contributed by atoms with Crippen LogP contribution in [0, 0.1) is 5.92 Å². The maximum absolute atomic E-state index is 12.2. The Hall–Kier alpha value is -1.69. The molecule has 1 fully saturated rings. The second kappa shape index (κ2) is 7.92. The number of hydrogen-bond acceptors (Lipinski definition) is 4. The van der Waals surface area contributed by atoms with Crippen LogP contribution in [0.25, 0.3) is 10.9 Å². The summed E-state index contributed by atoms with van der Waals surface area (Å²) in [7, 11) is 0. The van der Waals surface area contributed by atoms with Crippen molar-refractivity contribution in [3.8, 4) is 0 Å². The second-order valence-corrected chi connectivity index (χ2v) is 6.67. The predicted octanol–water partition coefficient (Wildman–Crippen LogP) is 2.18. The minimum atomic E-state index is 0.0387. The van der Waals surface area contributed by atoms with E-state index in [1.165, 1.54) is 0 Å². The van der Waals surface area contributed by atoms with Crippen LogP contribution in [0.3, 0.4) is 0 Å². The summed E-state index contributed by atoms with van der Waals surface area (Å²) >= 11 is 6.27. The minimum absolute atomic E-state index is 0.0387. The Bertz CT molecular complexity index is 721. The van der Waals surface area contributed by atoms with Crippen molar-refractivity contribution in [3.63, 3.8) is 0 Å². The number of likely N-dealkylation sites (tertiary alicyclic amines) is 1. The number of rotatable bonds is 5. The lowest BCUT2D eigenvalue weighted by Gasteiger charge is -2.32. The number of carbonyl (C=O) groups excluding carboxylic acids is 1.